The summed E-state index contributed by atoms with van der Waals surface area (Å²) in [5.41, 5.74) is 1.04. The summed E-state index contributed by atoms with van der Waals surface area (Å²) in [6.45, 7) is 5.93. The van der Waals surface area contributed by atoms with Crippen LogP contribution in [0.2, 0.25) is 0 Å². The molecule has 3 heterocycles. The molecule has 1 saturated heterocycles. The van der Waals surface area contributed by atoms with Crippen molar-refractivity contribution < 1.29 is 13.9 Å². The van der Waals surface area contributed by atoms with E-state index in [1.54, 1.807) is 23.1 Å². The number of fused-ring (bicyclic) bond motifs is 1. The molecule has 2 aromatic heterocycles. The molecule has 0 bridgehead atoms. The van der Waals surface area contributed by atoms with Gasteiger partial charge in [0.2, 0.25) is 5.65 Å². The number of halogens is 2. The maximum absolute atomic E-state index is 13.8. The number of phenols is 1. The van der Waals surface area contributed by atoms with Crippen LogP contribution in [0.3, 0.4) is 0 Å². The van der Waals surface area contributed by atoms with E-state index in [1.165, 1.54) is 4.80 Å². The number of phenolic OH excluding ortho intramolecular Hbond substituents is 1. The number of alkyl halides is 2. The van der Waals surface area contributed by atoms with E-state index in [4.69, 9.17) is 0 Å². The average molecular weight is 388 g/mol. The second-order valence-electron chi connectivity index (χ2n) is 8.18. The fraction of sp³-hybridized carbons (Fsp3) is 0.474. The molecule has 0 unspecified atom stereocenters. The van der Waals surface area contributed by atoms with Crippen LogP contribution in [0, 0.1) is 0 Å². The summed E-state index contributed by atoms with van der Waals surface area (Å²) in [5, 5.41) is 18.9. The number of para-hydroxylation sites is 1. The van der Waals surface area contributed by atoms with Crippen LogP contribution >= 0.6 is 0 Å². The second kappa shape index (κ2) is 6.35. The molecule has 0 saturated carbocycles. The molecule has 0 aliphatic carbocycles. The lowest BCUT2D eigenvalue weighted by Crippen LogP contribution is -2.27. The second-order valence-corrected chi connectivity index (χ2v) is 8.18. The number of rotatable bonds is 3. The van der Waals surface area contributed by atoms with Crippen molar-refractivity contribution in [2.45, 2.75) is 45.1 Å². The minimum Gasteiger partial charge on any atom is -0.508 e. The van der Waals surface area contributed by atoms with Gasteiger partial charge in [-0.15, -0.1) is 10.2 Å². The molecular formula is C19H22F2N6O. The summed E-state index contributed by atoms with van der Waals surface area (Å²) in [5.74, 6) is -1.69. The Hall–Kier alpha value is -2.84. The highest BCUT2D eigenvalue weighted by Gasteiger charge is 2.40. The van der Waals surface area contributed by atoms with Crippen molar-refractivity contribution in [1.29, 1.82) is 0 Å². The molecule has 28 heavy (non-hydrogen) atoms. The average Bonchev–Trinajstić information content (AvgIpc) is 3.17. The predicted molar refractivity (Wildman–Crippen MR) is 101 cm³/mol. The summed E-state index contributed by atoms with van der Waals surface area (Å²) in [6.07, 6.45) is -0.213. The summed E-state index contributed by atoms with van der Waals surface area (Å²) in [6, 6.07) is 6.91. The van der Waals surface area contributed by atoms with Crippen molar-refractivity contribution in [3.05, 3.63) is 35.7 Å². The Labute approximate surface area is 161 Å². The fourth-order valence-corrected chi connectivity index (χ4v) is 3.18. The topological polar surface area (TPSA) is 80.0 Å². The van der Waals surface area contributed by atoms with Gasteiger partial charge in [0.15, 0.2) is 11.3 Å². The van der Waals surface area contributed by atoms with Gasteiger partial charge in [-0.2, -0.15) is 4.80 Å². The number of hydrogen-bond donors (Lipinski definition) is 1. The van der Waals surface area contributed by atoms with Crippen molar-refractivity contribution in [2.24, 2.45) is 0 Å². The third-order valence-electron chi connectivity index (χ3n) is 4.72. The van der Waals surface area contributed by atoms with Gasteiger partial charge in [0.25, 0.3) is 5.92 Å². The van der Waals surface area contributed by atoms with Gasteiger partial charge in [-0.1, -0.05) is 39.0 Å². The molecule has 3 aromatic rings. The molecule has 1 aliphatic heterocycles. The Bertz CT molecular complexity index is 1030. The van der Waals surface area contributed by atoms with Crippen molar-refractivity contribution in [1.82, 2.24) is 25.0 Å². The van der Waals surface area contributed by atoms with E-state index in [9.17, 15) is 13.9 Å². The normalized spacial score (nSPS) is 16.8. The highest BCUT2D eigenvalue weighted by Crippen LogP contribution is 2.34. The Morgan fingerprint density at radius 3 is 2.54 bits per heavy atom. The van der Waals surface area contributed by atoms with E-state index in [0.717, 1.165) is 0 Å². The monoisotopic (exact) mass is 388 g/mol. The quantitative estimate of drug-likeness (QED) is 0.743. The van der Waals surface area contributed by atoms with Gasteiger partial charge < -0.3 is 10.0 Å². The minimum atomic E-state index is -2.75. The van der Waals surface area contributed by atoms with Crippen LogP contribution < -0.4 is 4.90 Å². The number of anilines is 1. The third-order valence-corrected chi connectivity index (χ3v) is 4.72. The van der Waals surface area contributed by atoms with E-state index >= 15 is 0 Å². The number of aromatic hydroxyl groups is 1. The van der Waals surface area contributed by atoms with Gasteiger partial charge >= 0.3 is 0 Å². The van der Waals surface area contributed by atoms with Crippen LogP contribution in [0.1, 0.15) is 38.6 Å². The maximum Gasteiger partial charge on any atom is 0.266 e. The van der Waals surface area contributed by atoms with E-state index in [2.05, 4.69) is 20.2 Å². The molecule has 148 valence electrons. The number of hydrogen-bond acceptors (Lipinski definition) is 6. The molecule has 0 spiro atoms. The Morgan fingerprint density at radius 1 is 1.14 bits per heavy atom. The molecule has 9 heteroatoms. The van der Waals surface area contributed by atoms with Crippen molar-refractivity contribution >= 4 is 17.0 Å². The maximum atomic E-state index is 13.8. The molecule has 0 amide bonds. The molecule has 1 fully saturated rings. The van der Waals surface area contributed by atoms with Crippen molar-refractivity contribution in [3.63, 3.8) is 0 Å². The summed E-state index contributed by atoms with van der Waals surface area (Å²) in [4.78, 5) is 12.1. The Balaban J connectivity index is 1.80. The molecule has 1 aromatic carbocycles. The van der Waals surface area contributed by atoms with Crippen molar-refractivity contribution in [2.75, 3.05) is 18.0 Å². The zero-order valence-electron chi connectivity index (χ0n) is 16.0. The van der Waals surface area contributed by atoms with Crippen LogP contribution in [-0.4, -0.2) is 49.1 Å². The lowest BCUT2D eigenvalue weighted by Gasteiger charge is -2.21. The standard InChI is InChI=1S/C19H22F2N6O/c1-18(2,3)17-22-15-14(16(23-17)26-9-8-19(20,21)11-26)24-27(25-15)10-12-6-4-5-7-13(12)28/h4-7,28H,8-11H2,1-3H3. The van der Waals surface area contributed by atoms with Crippen molar-refractivity contribution in [3.8, 4) is 5.75 Å². The molecular weight excluding hydrogens is 366 g/mol. The van der Waals surface area contributed by atoms with Gasteiger partial charge in [-0.05, 0) is 6.07 Å². The number of benzene rings is 1. The van der Waals surface area contributed by atoms with Crippen LogP contribution in [0.15, 0.2) is 24.3 Å². The van der Waals surface area contributed by atoms with Gasteiger partial charge in [-0.3, -0.25) is 0 Å². The van der Waals surface area contributed by atoms with E-state index in [-0.39, 0.29) is 30.7 Å². The summed E-state index contributed by atoms with van der Waals surface area (Å²) >= 11 is 0. The first-order chi connectivity index (χ1) is 13.1. The van der Waals surface area contributed by atoms with Crippen LogP contribution in [0.4, 0.5) is 14.6 Å². The molecule has 7 nitrogen and oxygen atoms in total. The van der Waals surface area contributed by atoms with Gasteiger partial charge in [0.05, 0.1) is 13.1 Å². The Kier molecular flexibility index (Phi) is 4.20. The SMILES string of the molecule is CC(C)(C)c1nc(N2CCC(F)(F)C2)c2nn(Cc3ccccc3O)nc2n1. The summed E-state index contributed by atoms with van der Waals surface area (Å²) < 4.78 is 27.6. The molecule has 4 rings (SSSR count). The van der Waals surface area contributed by atoms with E-state index < -0.39 is 12.5 Å². The molecule has 0 atom stereocenters. The van der Waals surface area contributed by atoms with Crippen LogP contribution in [0.5, 0.6) is 5.75 Å². The zero-order valence-corrected chi connectivity index (χ0v) is 16.0. The first kappa shape index (κ1) is 18.5. The predicted octanol–water partition coefficient (Wildman–Crippen LogP) is 3.12. The van der Waals surface area contributed by atoms with Crippen LogP contribution in [0.25, 0.3) is 11.2 Å². The number of aromatic nitrogens is 5. The van der Waals surface area contributed by atoms with Gasteiger partial charge in [-0.25, -0.2) is 18.7 Å². The highest BCUT2D eigenvalue weighted by molar-refractivity contribution is 5.82. The Morgan fingerprint density at radius 2 is 1.89 bits per heavy atom. The zero-order chi connectivity index (χ0) is 20.1. The van der Waals surface area contributed by atoms with E-state index in [0.29, 0.717) is 28.4 Å². The van der Waals surface area contributed by atoms with Crippen LogP contribution in [-0.2, 0) is 12.0 Å². The highest BCUT2D eigenvalue weighted by atomic mass is 19.3. The first-order valence-electron chi connectivity index (χ1n) is 9.15. The van der Waals surface area contributed by atoms with Gasteiger partial charge in [0, 0.05) is 23.9 Å². The first-order valence-corrected chi connectivity index (χ1v) is 9.15. The third kappa shape index (κ3) is 3.48. The minimum absolute atomic E-state index is 0.143. The molecule has 1 N–H and O–H groups in total. The smallest absolute Gasteiger partial charge is 0.266 e. The van der Waals surface area contributed by atoms with Gasteiger partial charge in [0.1, 0.15) is 11.6 Å². The summed E-state index contributed by atoms with van der Waals surface area (Å²) in [7, 11) is 0. The lowest BCUT2D eigenvalue weighted by molar-refractivity contribution is 0.0257. The molecule has 1 aliphatic rings. The fourth-order valence-electron chi connectivity index (χ4n) is 3.18. The largest absolute Gasteiger partial charge is 0.508 e. The number of nitrogens with zero attached hydrogens (tertiary/aromatic N) is 6. The lowest BCUT2D eigenvalue weighted by atomic mass is 9.96. The molecule has 0 radical (unpaired) electrons. The van der Waals surface area contributed by atoms with E-state index in [1.807, 2.05) is 26.8 Å².